The summed E-state index contributed by atoms with van der Waals surface area (Å²) in [7, 11) is 1.66. The molecule has 1 N–H and O–H groups in total. The number of aliphatic imine (C=N–C) groups is 1. The fraction of sp³-hybridized carbons (Fsp3) is 0.235. The van der Waals surface area contributed by atoms with Gasteiger partial charge in [0.2, 0.25) is 0 Å². The fourth-order valence-electron chi connectivity index (χ4n) is 5.17. The number of urea groups is 1. The highest BCUT2D eigenvalue weighted by atomic mass is 16.5. The van der Waals surface area contributed by atoms with E-state index in [9.17, 15) is 4.79 Å². The van der Waals surface area contributed by atoms with E-state index in [2.05, 4.69) is 33.5 Å². The third kappa shape index (κ3) is 7.17. The topological polar surface area (TPSA) is 90.6 Å². The second kappa shape index (κ2) is 13.4. The molecule has 0 spiro atoms. The minimum Gasteiger partial charge on any atom is -0.497 e. The van der Waals surface area contributed by atoms with Gasteiger partial charge in [-0.1, -0.05) is 54.6 Å². The van der Waals surface area contributed by atoms with E-state index >= 15 is 0 Å². The number of benzene rings is 3. The molecular weight excluding hydrogens is 510 g/mol. The molecule has 1 aliphatic rings. The van der Waals surface area contributed by atoms with Crippen molar-refractivity contribution in [2.24, 2.45) is 10.9 Å². The van der Waals surface area contributed by atoms with Crippen molar-refractivity contribution in [3.05, 3.63) is 108 Å². The quantitative estimate of drug-likeness (QED) is 0.236. The van der Waals surface area contributed by atoms with Gasteiger partial charge in [0.15, 0.2) is 5.82 Å². The summed E-state index contributed by atoms with van der Waals surface area (Å²) < 4.78 is 5.28. The first-order valence-corrected chi connectivity index (χ1v) is 13.9. The van der Waals surface area contributed by atoms with Crippen LogP contribution >= 0.6 is 0 Å². The number of rotatable bonds is 8. The number of ether oxygens (including phenoxy) is 1. The molecule has 1 heterocycles. The minimum absolute atomic E-state index is 0.0790. The van der Waals surface area contributed by atoms with Gasteiger partial charge in [0, 0.05) is 30.7 Å². The van der Waals surface area contributed by atoms with Crippen LogP contribution in [0.15, 0.2) is 102 Å². The van der Waals surface area contributed by atoms with Crippen molar-refractivity contribution < 1.29 is 9.53 Å². The molecule has 5 rings (SSSR count). The monoisotopic (exact) mass is 543 g/mol. The molecule has 7 heteroatoms. The van der Waals surface area contributed by atoms with Crippen LogP contribution in [0.3, 0.4) is 0 Å². The van der Waals surface area contributed by atoms with E-state index in [4.69, 9.17) is 10.00 Å². The Kier molecular flexibility index (Phi) is 9.02. The zero-order valence-electron chi connectivity index (χ0n) is 23.1. The third-order valence-corrected chi connectivity index (χ3v) is 7.48. The Balaban J connectivity index is 1.29. The van der Waals surface area contributed by atoms with Crippen LogP contribution in [-0.2, 0) is 6.54 Å². The molecule has 0 bridgehead atoms. The molecular formula is C34H33N5O2. The summed E-state index contributed by atoms with van der Waals surface area (Å²) in [4.78, 5) is 24.3. The van der Waals surface area contributed by atoms with Gasteiger partial charge in [-0.3, -0.25) is 4.90 Å². The lowest BCUT2D eigenvalue weighted by molar-refractivity contribution is 0.240. The molecule has 41 heavy (non-hydrogen) atoms. The summed E-state index contributed by atoms with van der Waals surface area (Å²) in [5.41, 5.74) is 4.64. The fourth-order valence-corrected chi connectivity index (χ4v) is 5.17. The molecule has 206 valence electrons. The number of hydrogen-bond donors (Lipinski definition) is 1. The van der Waals surface area contributed by atoms with Crippen molar-refractivity contribution in [3.8, 4) is 22.9 Å². The van der Waals surface area contributed by atoms with Crippen LogP contribution in [0.1, 0.15) is 36.8 Å². The average Bonchev–Trinajstić information content (AvgIpc) is 3.04. The second-order valence-electron chi connectivity index (χ2n) is 10.2. The summed E-state index contributed by atoms with van der Waals surface area (Å²) in [5.74, 6) is 1.74. The number of methoxy groups -OCH3 is 1. The number of anilines is 1. The molecule has 0 atom stereocenters. The number of hydrogen-bond acceptors (Lipinski definition) is 5. The van der Waals surface area contributed by atoms with Crippen molar-refractivity contribution >= 4 is 23.8 Å². The summed E-state index contributed by atoms with van der Waals surface area (Å²) in [6.45, 7) is 0.472. The second-order valence-corrected chi connectivity index (χ2v) is 10.2. The summed E-state index contributed by atoms with van der Waals surface area (Å²) in [6, 6.07) is 31.7. The van der Waals surface area contributed by atoms with Crippen LogP contribution in [-0.4, -0.2) is 30.4 Å². The molecule has 1 aliphatic carbocycles. The number of amides is 2. The van der Waals surface area contributed by atoms with Crippen LogP contribution in [0.4, 0.5) is 16.3 Å². The van der Waals surface area contributed by atoms with Crippen molar-refractivity contribution in [3.63, 3.8) is 0 Å². The predicted octanol–water partition coefficient (Wildman–Crippen LogP) is 7.31. The molecule has 0 radical (unpaired) electrons. The van der Waals surface area contributed by atoms with E-state index in [-0.39, 0.29) is 12.1 Å². The Labute approximate surface area is 241 Å². The lowest BCUT2D eigenvalue weighted by atomic mass is 9.86. The van der Waals surface area contributed by atoms with Crippen molar-refractivity contribution in [1.82, 2.24) is 10.3 Å². The molecule has 0 unspecified atom stereocenters. The highest BCUT2D eigenvalue weighted by Gasteiger charge is 2.29. The van der Waals surface area contributed by atoms with E-state index < -0.39 is 0 Å². The van der Waals surface area contributed by atoms with Gasteiger partial charge < -0.3 is 10.1 Å². The molecule has 0 aliphatic heterocycles. The van der Waals surface area contributed by atoms with Crippen molar-refractivity contribution in [1.29, 1.82) is 5.26 Å². The molecule has 2 amide bonds. The van der Waals surface area contributed by atoms with Gasteiger partial charge in [0.25, 0.3) is 0 Å². The number of nitriles is 1. The number of aromatic nitrogens is 1. The highest BCUT2D eigenvalue weighted by molar-refractivity contribution is 5.93. The van der Waals surface area contributed by atoms with Crippen LogP contribution in [0, 0.1) is 17.2 Å². The summed E-state index contributed by atoms with van der Waals surface area (Å²) in [6.07, 6.45) is 7.10. The zero-order valence-corrected chi connectivity index (χ0v) is 23.1. The van der Waals surface area contributed by atoms with Gasteiger partial charge in [0.05, 0.1) is 12.7 Å². The number of nitrogens with one attached hydrogen (secondary N) is 1. The molecule has 1 fully saturated rings. The Bertz CT molecular complexity index is 1490. The largest absolute Gasteiger partial charge is 0.497 e. The van der Waals surface area contributed by atoms with Gasteiger partial charge in [-0.15, -0.1) is 0 Å². The molecule has 0 saturated heterocycles. The molecule has 1 aromatic heterocycles. The van der Waals surface area contributed by atoms with Gasteiger partial charge in [-0.05, 0) is 84.7 Å². The van der Waals surface area contributed by atoms with Crippen LogP contribution in [0.25, 0.3) is 11.1 Å². The van der Waals surface area contributed by atoms with Crippen molar-refractivity contribution in [2.75, 3.05) is 12.0 Å². The van der Waals surface area contributed by atoms with E-state index in [1.807, 2.05) is 77.8 Å². The molecule has 1 saturated carbocycles. The molecule has 3 aromatic carbocycles. The first-order chi connectivity index (χ1) is 20.1. The maximum Gasteiger partial charge on any atom is 0.322 e. The third-order valence-electron chi connectivity index (χ3n) is 7.48. The van der Waals surface area contributed by atoms with Crippen LogP contribution in [0.5, 0.6) is 5.75 Å². The zero-order chi connectivity index (χ0) is 28.4. The van der Waals surface area contributed by atoms with Crippen LogP contribution < -0.4 is 15.0 Å². The minimum atomic E-state index is -0.0926. The number of pyridine rings is 1. The number of carbonyl (C=O) groups is 1. The predicted molar refractivity (Wildman–Crippen MR) is 162 cm³/mol. The maximum absolute atomic E-state index is 13.6. The standard InChI is InChI=1S/C34H33N5O2/c1-41-32-18-12-29(13-19-32)28-10-16-31(17-11-28)39(34(40)38-23-25-5-3-2-4-6-25)30-14-7-26(8-15-30)22-36-33-20-9-27(21-35)24-37-33/h2-6,9-13,16-20,22,24,26,30H,7-8,14-15,23H2,1H3,(H,38,40). The van der Waals surface area contributed by atoms with Crippen molar-refractivity contribution in [2.45, 2.75) is 38.3 Å². The molecule has 7 nitrogen and oxygen atoms in total. The molecule has 4 aromatic rings. The van der Waals surface area contributed by atoms with Gasteiger partial charge in [-0.25, -0.2) is 14.8 Å². The normalized spacial score (nSPS) is 16.6. The number of carbonyl (C=O) groups excluding carboxylic acids is 1. The number of nitrogens with zero attached hydrogens (tertiary/aromatic N) is 4. The average molecular weight is 544 g/mol. The van der Waals surface area contributed by atoms with E-state index in [1.54, 1.807) is 19.2 Å². The van der Waals surface area contributed by atoms with E-state index in [0.717, 1.165) is 53.8 Å². The van der Waals surface area contributed by atoms with Gasteiger partial charge >= 0.3 is 6.03 Å². The Hall–Kier alpha value is -4.96. The lowest BCUT2D eigenvalue weighted by Gasteiger charge is -2.36. The van der Waals surface area contributed by atoms with Crippen LogP contribution in [0.2, 0.25) is 0 Å². The first kappa shape index (κ1) is 27.6. The van der Waals surface area contributed by atoms with Gasteiger partial charge in [-0.2, -0.15) is 5.26 Å². The SMILES string of the molecule is COc1ccc(-c2ccc(N(C(=O)NCc3ccccc3)C3CCC(C=Nc4ccc(C#N)cn4)CC3)cc2)cc1. The summed E-state index contributed by atoms with van der Waals surface area (Å²) in [5, 5.41) is 12.1. The maximum atomic E-state index is 13.6. The Morgan fingerprint density at radius 3 is 2.27 bits per heavy atom. The lowest BCUT2D eigenvalue weighted by Crippen LogP contribution is -2.47. The highest BCUT2D eigenvalue weighted by Crippen LogP contribution is 2.32. The smallest absolute Gasteiger partial charge is 0.322 e. The van der Waals surface area contributed by atoms with E-state index in [1.165, 1.54) is 6.20 Å². The summed E-state index contributed by atoms with van der Waals surface area (Å²) >= 11 is 0. The van der Waals surface area contributed by atoms with E-state index in [0.29, 0.717) is 23.8 Å². The first-order valence-electron chi connectivity index (χ1n) is 13.9. The van der Waals surface area contributed by atoms with Gasteiger partial charge in [0.1, 0.15) is 11.8 Å². The Morgan fingerprint density at radius 1 is 0.976 bits per heavy atom. The Morgan fingerprint density at radius 2 is 1.66 bits per heavy atom.